The van der Waals surface area contributed by atoms with Gasteiger partial charge in [-0.2, -0.15) is 8.42 Å². The number of nitrogens with one attached hydrogen (secondary N) is 1. The Morgan fingerprint density at radius 2 is 1.44 bits per heavy atom. The largest absolute Gasteiger partial charge is 0.497 e. The number of hydrogen-bond donors (Lipinski definition) is 1. The molecule has 1 N–H and O–H groups in total. The minimum Gasteiger partial charge on any atom is -0.497 e. The van der Waals surface area contributed by atoms with Gasteiger partial charge >= 0.3 is 7.60 Å². The van der Waals surface area contributed by atoms with Crippen LogP contribution >= 0.6 is 7.60 Å². The molecule has 0 aliphatic carbocycles. The molecule has 0 aliphatic rings. The molecule has 0 heterocycles. The first kappa shape index (κ1) is 28.4. The van der Waals surface area contributed by atoms with E-state index in [1.165, 1.54) is 31.4 Å². The SMILES string of the molecule is CCOP(=O)(OCC)[C@@H](OS(C)(=O)=O)[C@H](NS(=O)(=O)c1ccc(C)cc1)c1ccc(OC)cc1. The van der Waals surface area contributed by atoms with Crippen molar-refractivity contribution < 1.29 is 39.4 Å². The summed E-state index contributed by atoms with van der Waals surface area (Å²) in [5.74, 6) is -1.38. The molecule has 10 nitrogen and oxygen atoms in total. The molecule has 0 fully saturated rings. The standard InChI is InChI=1S/C21H30NO9PS2/c1-6-29-32(23,30-7-2)21(31-33(5,24)25)20(17-10-12-18(28-4)13-11-17)22-34(26,27)19-14-8-16(3)9-15-19/h8-15,20-22H,6-7H2,1-5H3/t20-,21-/m1/s1. The van der Waals surface area contributed by atoms with Crippen LogP contribution in [0.4, 0.5) is 0 Å². The van der Waals surface area contributed by atoms with Gasteiger partial charge < -0.3 is 13.8 Å². The maximum Gasteiger partial charge on any atom is 0.362 e. The molecular weight excluding hydrogens is 505 g/mol. The summed E-state index contributed by atoms with van der Waals surface area (Å²) in [4.78, 5) is -0.0719. The zero-order valence-corrected chi connectivity index (χ0v) is 22.2. The van der Waals surface area contributed by atoms with Crippen molar-refractivity contribution in [2.24, 2.45) is 0 Å². The van der Waals surface area contributed by atoms with Crippen LogP contribution in [-0.2, 0) is 37.9 Å². The highest BCUT2D eigenvalue weighted by Gasteiger charge is 2.47. The van der Waals surface area contributed by atoms with Crippen LogP contribution in [-0.4, -0.2) is 49.3 Å². The average Bonchev–Trinajstić information content (AvgIpc) is 2.76. The Balaban J connectivity index is 2.70. The van der Waals surface area contributed by atoms with Gasteiger partial charge in [0.1, 0.15) is 5.75 Å². The molecule has 0 aromatic heterocycles. The fourth-order valence-corrected chi connectivity index (χ4v) is 7.45. The number of methoxy groups -OCH3 is 1. The Labute approximate surface area is 201 Å². The Morgan fingerprint density at radius 3 is 1.88 bits per heavy atom. The smallest absolute Gasteiger partial charge is 0.362 e. The number of aryl methyl sites for hydroxylation is 1. The van der Waals surface area contributed by atoms with Gasteiger partial charge in [-0.3, -0.25) is 8.75 Å². The highest BCUT2D eigenvalue weighted by molar-refractivity contribution is 7.89. The molecule has 0 spiro atoms. The summed E-state index contributed by atoms with van der Waals surface area (Å²) in [5.41, 5.74) is 1.10. The van der Waals surface area contributed by atoms with Crippen LogP contribution in [0.25, 0.3) is 0 Å². The second-order valence-corrected chi connectivity index (χ2v) is 12.7. The third kappa shape index (κ3) is 7.61. The molecule has 34 heavy (non-hydrogen) atoms. The molecule has 0 aliphatic heterocycles. The molecule has 0 amide bonds. The Kier molecular flexibility index (Phi) is 9.84. The van der Waals surface area contributed by atoms with Crippen molar-refractivity contribution >= 4 is 27.7 Å². The van der Waals surface area contributed by atoms with Crippen LogP contribution in [0.1, 0.15) is 31.0 Å². The van der Waals surface area contributed by atoms with Crippen LogP contribution in [0.15, 0.2) is 53.4 Å². The predicted octanol–water partition coefficient (Wildman–Crippen LogP) is 3.59. The van der Waals surface area contributed by atoms with Crippen molar-refractivity contribution in [3.63, 3.8) is 0 Å². The lowest BCUT2D eigenvalue weighted by molar-refractivity contribution is 0.148. The summed E-state index contributed by atoms with van der Waals surface area (Å²) in [7, 11) is -11.3. The zero-order valence-electron chi connectivity index (χ0n) is 19.6. The maximum absolute atomic E-state index is 13.7. The van der Waals surface area contributed by atoms with E-state index in [9.17, 15) is 21.4 Å². The van der Waals surface area contributed by atoms with Gasteiger partial charge in [0, 0.05) is 0 Å². The minimum absolute atomic E-state index is 0.0719. The first-order valence-electron chi connectivity index (χ1n) is 10.3. The van der Waals surface area contributed by atoms with Gasteiger partial charge in [-0.05, 0) is 50.6 Å². The van der Waals surface area contributed by atoms with Crippen molar-refractivity contribution in [2.45, 2.75) is 37.6 Å². The number of sulfonamides is 1. The fourth-order valence-electron chi connectivity index (χ4n) is 3.07. The van der Waals surface area contributed by atoms with E-state index < -0.39 is 39.6 Å². The van der Waals surface area contributed by atoms with Crippen molar-refractivity contribution in [2.75, 3.05) is 26.6 Å². The fraction of sp³-hybridized carbons (Fsp3) is 0.429. The van der Waals surface area contributed by atoms with Crippen LogP contribution in [0.2, 0.25) is 0 Å². The summed E-state index contributed by atoms with van der Waals surface area (Å²) in [6.07, 6.45) is 0.766. The third-order valence-electron chi connectivity index (χ3n) is 4.58. The van der Waals surface area contributed by atoms with E-state index in [-0.39, 0.29) is 23.7 Å². The molecule has 2 rings (SSSR count). The van der Waals surface area contributed by atoms with Crippen LogP contribution in [0, 0.1) is 6.92 Å². The molecule has 13 heteroatoms. The molecule has 2 aromatic carbocycles. The molecule has 0 saturated heterocycles. The van der Waals surface area contributed by atoms with Gasteiger partial charge in [-0.1, -0.05) is 29.8 Å². The highest BCUT2D eigenvalue weighted by atomic mass is 32.2. The maximum atomic E-state index is 13.7. The quantitative estimate of drug-likeness (QED) is 0.302. The van der Waals surface area contributed by atoms with E-state index in [1.807, 2.05) is 0 Å². The average molecular weight is 536 g/mol. The molecule has 0 radical (unpaired) electrons. The predicted molar refractivity (Wildman–Crippen MR) is 128 cm³/mol. The molecule has 2 atom stereocenters. The van der Waals surface area contributed by atoms with Crippen LogP contribution in [0.3, 0.4) is 0 Å². The molecule has 0 saturated carbocycles. The monoisotopic (exact) mass is 535 g/mol. The highest BCUT2D eigenvalue weighted by Crippen LogP contribution is 2.58. The number of rotatable bonds is 13. The van der Waals surface area contributed by atoms with E-state index in [2.05, 4.69) is 4.72 Å². The van der Waals surface area contributed by atoms with Gasteiger partial charge in [-0.25, -0.2) is 13.1 Å². The molecule has 190 valence electrons. The number of ether oxygens (including phenoxy) is 1. The van der Waals surface area contributed by atoms with Crippen molar-refractivity contribution in [3.8, 4) is 5.75 Å². The van der Waals surface area contributed by atoms with Crippen molar-refractivity contribution in [1.82, 2.24) is 4.72 Å². The molecule has 2 aromatic rings. The Bertz CT molecular complexity index is 1190. The Hall–Kier alpha value is -1.79. The molecular formula is C21H30NO9PS2. The lowest BCUT2D eigenvalue weighted by Gasteiger charge is -2.32. The summed E-state index contributed by atoms with van der Waals surface area (Å²) >= 11 is 0. The van der Waals surface area contributed by atoms with Gasteiger partial charge in [0.05, 0.1) is 37.5 Å². The van der Waals surface area contributed by atoms with Gasteiger partial charge in [0.15, 0.2) is 5.85 Å². The second kappa shape index (κ2) is 11.8. The third-order valence-corrected chi connectivity index (χ3v) is 9.00. The van der Waals surface area contributed by atoms with Crippen molar-refractivity contribution in [3.05, 3.63) is 59.7 Å². The molecule has 0 unspecified atom stereocenters. The lowest BCUT2D eigenvalue weighted by Crippen LogP contribution is -2.39. The lowest BCUT2D eigenvalue weighted by atomic mass is 10.1. The zero-order chi connectivity index (χ0) is 25.6. The van der Waals surface area contributed by atoms with E-state index in [4.69, 9.17) is 18.0 Å². The summed E-state index contributed by atoms with van der Waals surface area (Å²) in [5, 5.41) is 0. The van der Waals surface area contributed by atoms with E-state index in [1.54, 1.807) is 45.0 Å². The van der Waals surface area contributed by atoms with Crippen LogP contribution < -0.4 is 9.46 Å². The number of benzene rings is 2. The Morgan fingerprint density at radius 1 is 0.912 bits per heavy atom. The minimum atomic E-state index is -4.31. The summed E-state index contributed by atoms with van der Waals surface area (Å²) < 4.78 is 88.0. The number of hydrogen-bond acceptors (Lipinski definition) is 9. The van der Waals surface area contributed by atoms with E-state index >= 15 is 0 Å². The van der Waals surface area contributed by atoms with Gasteiger partial charge in [-0.15, -0.1) is 0 Å². The summed E-state index contributed by atoms with van der Waals surface area (Å²) in [6, 6.07) is 10.7. The summed E-state index contributed by atoms with van der Waals surface area (Å²) in [6.45, 7) is 4.70. The van der Waals surface area contributed by atoms with E-state index in [0.29, 0.717) is 5.75 Å². The van der Waals surface area contributed by atoms with E-state index in [0.717, 1.165) is 11.8 Å². The van der Waals surface area contributed by atoms with Crippen molar-refractivity contribution in [1.29, 1.82) is 0 Å². The molecule has 0 bridgehead atoms. The van der Waals surface area contributed by atoms with Gasteiger partial charge in [0.2, 0.25) is 10.0 Å². The second-order valence-electron chi connectivity index (χ2n) is 7.25. The van der Waals surface area contributed by atoms with Crippen LogP contribution in [0.5, 0.6) is 5.75 Å². The first-order chi connectivity index (χ1) is 15.8. The normalized spacial score (nSPS) is 14.5. The first-order valence-corrected chi connectivity index (χ1v) is 15.3. The van der Waals surface area contributed by atoms with Gasteiger partial charge in [0.25, 0.3) is 10.1 Å². The topological polar surface area (TPSA) is 134 Å².